The highest BCUT2D eigenvalue weighted by Crippen LogP contribution is 2.31. The van der Waals surface area contributed by atoms with Crippen LogP contribution >= 0.6 is 0 Å². The summed E-state index contributed by atoms with van der Waals surface area (Å²) in [5.74, 6) is -0.277. The number of aromatic nitrogens is 2. The first-order valence-corrected chi connectivity index (χ1v) is 12.0. The number of rotatable bonds is 8. The molecule has 4 rings (SSSR count). The standard InChI is InChI=1S/C25H34N6O2/c26-14-19-6-8-20(9-7-19)16-31-18-28-15-22(31)17-29-10-12-30(13-11-29)23(24(32)25(27)33)21-4-2-1-3-5-21/h6-9,15,18,21,23-24,32H,1-5,10-13,16-17H2,(H2,27,33). The average Bonchev–Trinajstić information content (AvgIpc) is 3.27. The van der Waals surface area contributed by atoms with Crippen LogP contribution in [0.4, 0.5) is 0 Å². The van der Waals surface area contributed by atoms with Crippen molar-refractivity contribution < 1.29 is 9.90 Å². The summed E-state index contributed by atoms with van der Waals surface area (Å²) in [6.45, 7) is 4.89. The molecule has 1 aliphatic carbocycles. The normalized spacial score (nSPS) is 20.2. The summed E-state index contributed by atoms with van der Waals surface area (Å²) in [7, 11) is 0. The van der Waals surface area contributed by atoms with Gasteiger partial charge in [-0.1, -0.05) is 31.4 Å². The van der Waals surface area contributed by atoms with Gasteiger partial charge in [-0.25, -0.2) is 4.98 Å². The van der Waals surface area contributed by atoms with Crippen molar-refractivity contribution in [2.75, 3.05) is 26.2 Å². The number of benzene rings is 1. The zero-order valence-electron chi connectivity index (χ0n) is 19.1. The number of aliphatic hydroxyl groups excluding tert-OH is 1. The van der Waals surface area contributed by atoms with Gasteiger partial charge in [0.25, 0.3) is 0 Å². The molecule has 8 heteroatoms. The van der Waals surface area contributed by atoms with Gasteiger partial charge in [0.05, 0.1) is 23.7 Å². The van der Waals surface area contributed by atoms with E-state index in [4.69, 9.17) is 11.0 Å². The van der Waals surface area contributed by atoms with Gasteiger partial charge in [-0.05, 0) is 36.5 Å². The molecule has 2 atom stereocenters. The monoisotopic (exact) mass is 450 g/mol. The number of carbonyl (C=O) groups excluding carboxylic acids is 1. The van der Waals surface area contributed by atoms with Gasteiger partial charge in [0, 0.05) is 51.5 Å². The van der Waals surface area contributed by atoms with Gasteiger partial charge < -0.3 is 15.4 Å². The van der Waals surface area contributed by atoms with E-state index in [-0.39, 0.29) is 6.04 Å². The maximum atomic E-state index is 11.8. The molecule has 1 saturated carbocycles. The van der Waals surface area contributed by atoms with E-state index in [9.17, 15) is 9.90 Å². The first-order valence-electron chi connectivity index (χ1n) is 12.0. The molecule has 1 amide bonds. The van der Waals surface area contributed by atoms with Gasteiger partial charge in [-0.3, -0.25) is 14.6 Å². The SMILES string of the molecule is N#Cc1ccc(Cn2cncc2CN2CCN(C(C3CCCCC3)C(O)C(N)=O)CC2)cc1. The van der Waals surface area contributed by atoms with E-state index >= 15 is 0 Å². The van der Waals surface area contributed by atoms with Crippen LogP contribution in [0.5, 0.6) is 0 Å². The van der Waals surface area contributed by atoms with Gasteiger partial charge in [0.2, 0.25) is 5.91 Å². The lowest BCUT2D eigenvalue weighted by atomic mass is 9.80. The third-order valence-electron chi connectivity index (χ3n) is 7.20. The Kier molecular flexibility index (Phi) is 7.76. The fourth-order valence-corrected chi connectivity index (χ4v) is 5.35. The van der Waals surface area contributed by atoms with E-state index in [1.807, 2.05) is 36.8 Å². The van der Waals surface area contributed by atoms with Crippen LogP contribution in [-0.4, -0.2) is 68.7 Å². The van der Waals surface area contributed by atoms with Crippen LogP contribution in [0, 0.1) is 17.2 Å². The lowest BCUT2D eigenvalue weighted by molar-refractivity contribution is -0.132. The molecule has 0 bridgehead atoms. The number of imidazole rings is 1. The number of nitrogens with zero attached hydrogens (tertiary/aromatic N) is 5. The lowest BCUT2D eigenvalue weighted by Gasteiger charge is -2.44. The predicted octanol–water partition coefficient (Wildman–Crippen LogP) is 1.72. The van der Waals surface area contributed by atoms with Gasteiger partial charge in [0.1, 0.15) is 6.10 Å². The Morgan fingerprint density at radius 3 is 2.45 bits per heavy atom. The fraction of sp³-hybridized carbons (Fsp3) is 0.560. The molecule has 2 fully saturated rings. The summed E-state index contributed by atoms with van der Waals surface area (Å²) in [5.41, 5.74) is 8.46. The van der Waals surface area contributed by atoms with E-state index in [1.165, 1.54) is 6.42 Å². The summed E-state index contributed by atoms with van der Waals surface area (Å²) in [5, 5.41) is 19.6. The van der Waals surface area contributed by atoms with E-state index in [2.05, 4.69) is 25.4 Å². The van der Waals surface area contributed by atoms with Crippen LogP contribution in [-0.2, 0) is 17.9 Å². The summed E-state index contributed by atoms with van der Waals surface area (Å²) in [6.07, 6.45) is 8.34. The Balaban J connectivity index is 1.35. The van der Waals surface area contributed by atoms with E-state index in [0.717, 1.165) is 76.2 Å². The molecule has 1 aromatic heterocycles. The van der Waals surface area contributed by atoms with Crippen LogP contribution in [0.3, 0.4) is 0 Å². The maximum Gasteiger partial charge on any atom is 0.247 e. The number of primary amides is 1. The average molecular weight is 451 g/mol. The third-order valence-corrected chi connectivity index (χ3v) is 7.20. The quantitative estimate of drug-likeness (QED) is 0.633. The highest BCUT2D eigenvalue weighted by Gasteiger charge is 2.38. The molecule has 176 valence electrons. The number of amides is 1. The largest absolute Gasteiger partial charge is 0.382 e. The topological polar surface area (TPSA) is 111 Å². The second-order valence-electron chi connectivity index (χ2n) is 9.37. The molecule has 2 unspecified atom stereocenters. The predicted molar refractivity (Wildman–Crippen MR) is 125 cm³/mol. The van der Waals surface area contributed by atoms with Crippen LogP contribution in [0.15, 0.2) is 36.8 Å². The minimum Gasteiger partial charge on any atom is -0.382 e. The summed E-state index contributed by atoms with van der Waals surface area (Å²) in [4.78, 5) is 20.9. The Morgan fingerprint density at radius 1 is 1.12 bits per heavy atom. The van der Waals surface area contributed by atoms with E-state index in [0.29, 0.717) is 11.5 Å². The summed E-state index contributed by atoms with van der Waals surface area (Å²) < 4.78 is 2.15. The lowest BCUT2D eigenvalue weighted by Crippen LogP contribution is -2.58. The van der Waals surface area contributed by atoms with Gasteiger partial charge in [-0.15, -0.1) is 0 Å². The molecule has 0 spiro atoms. The van der Waals surface area contributed by atoms with Crippen molar-refractivity contribution in [3.05, 3.63) is 53.6 Å². The molecule has 1 aliphatic heterocycles. The first kappa shape index (κ1) is 23.4. The minimum atomic E-state index is -1.10. The molecule has 1 saturated heterocycles. The van der Waals surface area contributed by atoms with Crippen LogP contribution < -0.4 is 5.73 Å². The second-order valence-corrected chi connectivity index (χ2v) is 9.37. The van der Waals surface area contributed by atoms with Crippen LogP contribution in [0.25, 0.3) is 0 Å². The van der Waals surface area contributed by atoms with E-state index in [1.54, 1.807) is 0 Å². The van der Waals surface area contributed by atoms with Crippen molar-refractivity contribution in [2.24, 2.45) is 11.7 Å². The molecule has 3 N–H and O–H groups in total. The molecule has 33 heavy (non-hydrogen) atoms. The van der Waals surface area contributed by atoms with Gasteiger partial charge in [0.15, 0.2) is 0 Å². The summed E-state index contributed by atoms with van der Waals surface area (Å²) >= 11 is 0. The number of piperazine rings is 1. The van der Waals surface area contributed by atoms with Crippen molar-refractivity contribution >= 4 is 5.91 Å². The van der Waals surface area contributed by atoms with Crippen molar-refractivity contribution in [3.8, 4) is 6.07 Å². The third kappa shape index (κ3) is 5.80. The number of hydrogen-bond donors (Lipinski definition) is 2. The van der Waals surface area contributed by atoms with Gasteiger partial charge >= 0.3 is 0 Å². The number of nitrogens with two attached hydrogens (primary N) is 1. The molecule has 8 nitrogen and oxygen atoms in total. The van der Waals surface area contributed by atoms with Crippen LogP contribution in [0.1, 0.15) is 48.9 Å². The number of aliphatic hydroxyl groups is 1. The number of nitriles is 1. The molecule has 2 aromatic rings. The first-order chi connectivity index (χ1) is 16.0. The molecule has 2 aliphatic rings. The highest BCUT2D eigenvalue weighted by atomic mass is 16.3. The smallest absolute Gasteiger partial charge is 0.247 e. The highest BCUT2D eigenvalue weighted by molar-refractivity contribution is 5.79. The van der Waals surface area contributed by atoms with Crippen LogP contribution in [0.2, 0.25) is 0 Å². The molecular formula is C25H34N6O2. The van der Waals surface area contributed by atoms with Crippen molar-refractivity contribution in [2.45, 2.75) is 57.3 Å². The Labute approximate surface area is 195 Å². The fourth-order valence-electron chi connectivity index (χ4n) is 5.35. The van der Waals surface area contributed by atoms with Gasteiger partial charge in [-0.2, -0.15) is 5.26 Å². The second kappa shape index (κ2) is 10.9. The Bertz CT molecular complexity index is 952. The van der Waals surface area contributed by atoms with Crippen molar-refractivity contribution in [1.82, 2.24) is 19.4 Å². The van der Waals surface area contributed by atoms with Crippen molar-refractivity contribution in [1.29, 1.82) is 5.26 Å². The molecular weight excluding hydrogens is 416 g/mol. The molecule has 1 aromatic carbocycles. The zero-order valence-corrected chi connectivity index (χ0v) is 19.1. The van der Waals surface area contributed by atoms with Crippen molar-refractivity contribution in [3.63, 3.8) is 0 Å². The molecule has 2 heterocycles. The molecule has 0 radical (unpaired) electrons. The summed E-state index contributed by atoms with van der Waals surface area (Å²) in [6, 6.07) is 9.63. The zero-order chi connectivity index (χ0) is 23.2. The van der Waals surface area contributed by atoms with E-state index < -0.39 is 12.0 Å². The Hall–Kier alpha value is -2.73. The Morgan fingerprint density at radius 2 is 1.82 bits per heavy atom. The number of carbonyl (C=O) groups is 1. The minimum absolute atomic E-state index is 0.174. The maximum absolute atomic E-state index is 11.8. The number of hydrogen-bond acceptors (Lipinski definition) is 6.